The van der Waals surface area contributed by atoms with E-state index < -0.39 is 0 Å². The van der Waals surface area contributed by atoms with Crippen molar-refractivity contribution in [1.82, 2.24) is 5.32 Å². The molecule has 3 nitrogen and oxygen atoms in total. The van der Waals surface area contributed by atoms with Crippen molar-refractivity contribution in [2.24, 2.45) is 0 Å². The molecule has 0 radical (unpaired) electrons. The summed E-state index contributed by atoms with van der Waals surface area (Å²) in [6.45, 7) is 4.78. The Morgan fingerprint density at radius 2 is 2.25 bits per heavy atom. The second kappa shape index (κ2) is 6.59. The fourth-order valence-electron chi connectivity index (χ4n) is 3.30. The van der Waals surface area contributed by atoms with Gasteiger partial charge in [-0.2, -0.15) is 0 Å². The second-order valence-electron chi connectivity index (χ2n) is 5.81. The van der Waals surface area contributed by atoms with Crippen molar-refractivity contribution >= 4 is 0 Å². The van der Waals surface area contributed by atoms with Crippen molar-refractivity contribution in [3.8, 4) is 5.75 Å². The summed E-state index contributed by atoms with van der Waals surface area (Å²) in [5.74, 6) is 0.997. The Hall–Kier alpha value is -1.06. The lowest BCUT2D eigenvalue weighted by Crippen LogP contribution is -2.25. The Labute approximate surface area is 121 Å². The summed E-state index contributed by atoms with van der Waals surface area (Å²) in [5.41, 5.74) is 2.91. The molecule has 0 saturated carbocycles. The van der Waals surface area contributed by atoms with Crippen molar-refractivity contribution in [3.63, 3.8) is 0 Å². The number of fused-ring (bicyclic) bond motifs is 1. The van der Waals surface area contributed by atoms with Gasteiger partial charge in [0.2, 0.25) is 0 Å². The maximum absolute atomic E-state index is 5.91. The van der Waals surface area contributed by atoms with Crippen molar-refractivity contribution in [2.75, 3.05) is 19.8 Å². The van der Waals surface area contributed by atoms with Crippen LogP contribution in [-0.2, 0) is 11.2 Å². The van der Waals surface area contributed by atoms with E-state index >= 15 is 0 Å². The van der Waals surface area contributed by atoms with Crippen molar-refractivity contribution < 1.29 is 9.47 Å². The average molecular weight is 275 g/mol. The molecule has 1 fully saturated rings. The van der Waals surface area contributed by atoms with Gasteiger partial charge in [-0.05, 0) is 61.9 Å². The monoisotopic (exact) mass is 275 g/mol. The Kier molecular flexibility index (Phi) is 4.58. The molecule has 1 aromatic rings. The SMILES string of the molecule is CCNC1CCCc2cc(OCC3CCCO3)ccc21. The molecule has 0 spiro atoms. The first-order chi connectivity index (χ1) is 9.86. The number of rotatable bonds is 5. The van der Waals surface area contributed by atoms with Crippen LogP contribution in [0.1, 0.15) is 49.8 Å². The van der Waals surface area contributed by atoms with Gasteiger partial charge >= 0.3 is 0 Å². The average Bonchev–Trinajstić information content (AvgIpc) is 2.99. The fraction of sp³-hybridized carbons (Fsp3) is 0.647. The summed E-state index contributed by atoms with van der Waals surface area (Å²) in [6.07, 6.45) is 6.28. The summed E-state index contributed by atoms with van der Waals surface area (Å²) >= 11 is 0. The van der Waals surface area contributed by atoms with Crippen LogP contribution >= 0.6 is 0 Å². The summed E-state index contributed by atoms with van der Waals surface area (Å²) in [6, 6.07) is 7.11. The first-order valence-corrected chi connectivity index (χ1v) is 7.97. The van der Waals surface area contributed by atoms with Gasteiger partial charge < -0.3 is 14.8 Å². The Bertz CT molecular complexity index is 441. The van der Waals surface area contributed by atoms with E-state index in [1.54, 1.807) is 0 Å². The molecule has 0 aromatic heterocycles. The molecular weight excluding hydrogens is 250 g/mol. The lowest BCUT2D eigenvalue weighted by molar-refractivity contribution is 0.0679. The largest absolute Gasteiger partial charge is 0.491 e. The van der Waals surface area contributed by atoms with Gasteiger partial charge in [-0.3, -0.25) is 0 Å². The van der Waals surface area contributed by atoms with E-state index in [9.17, 15) is 0 Å². The molecule has 20 heavy (non-hydrogen) atoms. The quantitative estimate of drug-likeness (QED) is 0.895. The molecule has 1 saturated heterocycles. The number of aryl methyl sites for hydroxylation is 1. The predicted octanol–water partition coefficient (Wildman–Crippen LogP) is 3.23. The van der Waals surface area contributed by atoms with Crippen LogP contribution in [-0.4, -0.2) is 25.9 Å². The highest BCUT2D eigenvalue weighted by Gasteiger charge is 2.20. The highest BCUT2D eigenvalue weighted by Crippen LogP contribution is 2.32. The van der Waals surface area contributed by atoms with Crippen LogP contribution in [0.4, 0.5) is 0 Å². The maximum atomic E-state index is 5.91. The van der Waals surface area contributed by atoms with E-state index in [0.29, 0.717) is 18.8 Å². The van der Waals surface area contributed by atoms with E-state index in [4.69, 9.17) is 9.47 Å². The third-order valence-corrected chi connectivity index (χ3v) is 4.34. The zero-order valence-corrected chi connectivity index (χ0v) is 12.4. The number of hydrogen-bond donors (Lipinski definition) is 1. The van der Waals surface area contributed by atoms with Gasteiger partial charge in [0.15, 0.2) is 0 Å². The summed E-state index contributed by atoms with van der Waals surface area (Å²) in [5, 5.41) is 3.58. The highest BCUT2D eigenvalue weighted by atomic mass is 16.5. The van der Waals surface area contributed by atoms with Crippen LogP contribution in [0.2, 0.25) is 0 Å². The van der Waals surface area contributed by atoms with Crippen LogP contribution in [0.15, 0.2) is 18.2 Å². The summed E-state index contributed by atoms with van der Waals surface area (Å²) in [4.78, 5) is 0. The van der Waals surface area contributed by atoms with Crippen LogP contribution in [0.25, 0.3) is 0 Å². The van der Waals surface area contributed by atoms with E-state index in [1.165, 1.54) is 36.8 Å². The van der Waals surface area contributed by atoms with Crippen molar-refractivity contribution in [2.45, 2.75) is 51.2 Å². The molecule has 0 amide bonds. The van der Waals surface area contributed by atoms with E-state index in [-0.39, 0.29) is 0 Å². The third kappa shape index (κ3) is 3.15. The zero-order valence-electron chi connectivity index (χ0n) is 12.4. The van der Waals surface area contributed by atoms with E-state index in [1.807, 2.05) is 0 Å². The van der Waals surface area contributed by atoms with Crippen molar-refractivity contribution in [3.05, 3.63) is 29.3 Å². The van der Waals surface area contributed by atoms with E-state index in [0.717, 1.165) is 25.3 Å². The van der Waals surface area contributed by atoms with Crippen molar-refractivity contribution in [1.29, 1.82) is 0 Å². The van der Waals surface area contributed by atoms with Crippen LogP contribution in [0, 0.1) is 0 Å². The lowest BCUT2D eigenvalue weighted by Gasteiger charge is -2.26. The first-order valence-electron chi connectivity index (χ1n) is 7.97. The van der Waals surface area contributed by atoms with Crippen LogP contribution < -0.4 is 10.1 Å². The van der Waals surface area contributed by atoms with Gasteiger partial charge in [-0.15, -0.1) is 0 Å². The minimum absolute atomic E-state index is 0.292. The second-order valence-corrected chi connectivity index (χ2v) is 5.81. The fourth-order valence-corrected chi connectivity index (χ4v) is 3.30. The number of ether oxygens (including phenoxy) is 2. The number of benzene rings is 1. The number of nitrogens with one attached hydrogen (secondary N) is 1. The molecule has 1 aliphatic carbocycles. The van der Waals surface area contributed by atoms with Gasteiger partial charge in [-0.25, -0.2) is 0 Å². The topological polar surface area (TPSA) is 30.5 Å². The highest BCUT2D eigenvalue weighted by molar-refractivity contribution is 5.39. The minimum atomic E-state index is 0.292. The molecule has 1 N–H and O–H groups in total. The first kappa shape index (κ1) is 13.9. The molecule has 3 heteroatoms. The molecule has 0 bridgehead atoms. The van der Waals surface area contributed by atoms with Crippen LogP contribution in [0.5, 0.6) is 5.75 Å². The molecular formula is C17H25NO2. The maximum Gasteiger partial charge on any atom is 0.119 e. The lowest BCUT2D eigenvalue weighted by atomic mass is 9.87. The number of hydrogen-bond acceptors (Lipinski definition) is 3. The zero-order chi connectivity index (χ0) is 13.8. The van der Waals surface area contributed by atoms with Gasteiger partial charge in [0.05, 0.1) is 6.10 Å². The van der Waals surface area contributed by atoms with E-state index in [2.05, 4.69) is 30.4 Å². The Morgan fingerprint density at radius 3 is 3.05 bits per heavy atom. The Morgan fingerprint density at radius 1 is 1.30 bits per heavy atom. The molecule has 2 unspecified atom stereocenters. The molecule has 110 valence electrons. The standard InChI is InChI=1S/C17H25NO2/c1-2-18-17-7-3-5-13-11-14(8-9-16(13)17)20-12-15-6-4-10-19-15/h8-9,11,15,17-18H,2-7,10,12H2,1H3. The van der Waals surface area contributed by atoms with Gasteiger partial charge in [0.25, 0.3) is 0 Å². The third-order valence-electron chi connectivity index (χ3n) is 4.34. The van der Waals surface area contributed by atoms with Gasteiger partial charge in [0.1, 0.15) is 12.4 Å². The molecule has 1 aliphatic heterocycles. The smallest absolute Gasteiger partial charge is 0.119 e. The molecule has 1 heterocycles. The summed E-state index contributed by atoms with van der Waals surface area (Å²) in [7, 11) is 0. The predicted molar refractivity (Wildman–Crippen MR) is 80.3 cm³/mol. The van der Waals surface area contributed by atoms with Gasteiger partial charge in [-0.1, -0.05) is 13.0 Å². The molecule has 2 atom stereocenters. The van der Waals surface area contributed by atoms with Gasteiger partial charge in [0, 0.05) is 12.6 Å². The molecule has 2 aliphatic rings. The Balaban J connectivity index is 1.65. The minimum Gasteiger partial charge on any atom is -0.491 e. The van der Waals surface area contributed by atoms with Crippen LogP contribution in [0.3, 0.4) is 0 Å². The summed E-state index contributed by atoms with van der Waals surface area (Å²) < 4.78 is 11.5. The normalized spacial score (nSPS) is 25.4. The molecule has 3 rings (SSSR count). The molecule has 1 aromatic carbocycles.